The minimum absolute atomic E-state index is 0.0719. The van der Waals surface area contributed by atoms with Crippen LogP contribution in [0.4, 0.5) is 5.13 Å². The second-order valence-corrected chi connectivity index (χ2v) is 12.8. The Labute approximate surface area is 281 Å². The van der Waals surface area contributed by atoms with Crippen molar-refractivity contribution in [1.29, 1.82) is 0 Å². The number of aliphatic hydroxyl groups is 1. The number of halogens is 1. The molecule has 0 aliphatic carbocycles. The molecule has 0 radical (unpaired) electrons. The molecular weight excluding hydrogens is 646 g/mol. The summed E-state index contributed by atoms with van der Waals surface area (Å²) < 4.78 is 18.1. The topological polar surface area (TPSA) is 111 Å². The van der Waals surface area contributed by atoms with E-state index in [2.05, 4.69) is 10.2 Å². The smallest absolute Gasteiger partial charge is 0.301 e. The van der Waals surface area contributed by atoms with Crippen LogP contribution in [0.5, 0.6) is 17.2 Å². The minimum atomic E-state index is -1.01. The third-order valence-electron chi connectivity index (χ3n) is 7.00. The molecule has 46 heavy (non-hydrogen) atoms. The first-order valence-electron chi connectivity index (χ1n) is 15.0. The third kappa shape index (κ3) is 7.32. The molecule has 0 bridgehead atoms. The highest BCUT2D eigenvalue weighted by molar-refractivity contribution is 8.00. The van der Waals surface area contributed by atoms with E-state index in [1.54, 1.807) is 42.5 Å². The summed E-state index contributed by atoms with van der Waals surface area (Å²) in [7, 11) is 0. The van der Waals surface area contributed by atoms with Crippen LogP contribution in [-0.4, -0.2) is 46.8 Å². The average molecular weight is 680 g/mol. The van der Waals surface area contributed by atoms with E-state index >= 15 is 0 Å². The van der Waals surface area contributed by atoms with Gasteiger partial charge in [0, 0.05) is 16.3 Å². The second-order valence-electron chi connectivity index (χ2n) is 10.3. The molecule has 3 aromatic carbocycles. The number of aliphatic hydroxyl groups excluding tert-OH is 1. The molecule has 12 heteroatoms. The number of carbonyl (C=O) groups is 2. The van der Waals surface area contributed by atoms with Gasteiger partial charge in [-0.2, -0.15) is 0 Å². The summed E-state index contributed by atoms with van der Waals surface area (Å²) in [6.45, 7) is 7.30. The highest BCUT2D eigenvalue weighted by Crippen LogP contribution is 2.46. The Morgan fingerprint density at radius 3 is 2.39 bits per heavy atom. The Morgan fingerprint density at radius 2 is 1.67 bits per heavy atom. The van der Waals surface area contributed by atoms with Gasteiger partial charge in [0.05, 0.1) is 31.4 Å². The first-order chi connectivity index (χ1) is 22.4. The van der Waals surface area contributed by atoms with Gasteiger partial charge in [0.2, 0.25) is 5.13 Å². The Bertz CT molecular complexity index is 1730. The van der Waals surface area contributed by atoms with Gasteiger partial charge in [-0.05, 0) is 73.4 Å². The van der Waals surface area contributed by atoms with Gasteiger partial charge in [0.1, 0.15) is 11.5 Å². The SMILES string of the molecule is CCCOc1ccc(C(O)=C2C(=O)C(=O)N(c3nnc(SCc4ccccc4Cl)s3)C2c2ccc(OCCC)c(OCC)c2)cc1. The number of hydrogen-bond acceptors (Lipinski definition) is 10. The van der Waals surface area contributed by atoms with Crippen molar-refractivity contribution in [2.75, 3.05) is 24.7 Å². The predicted molar refractivity (Wildman–Crippen MR) is 181 cm³/mol. The summed E-state index contributed by atoms with van der Waals surface area (Å²) in [5.74, 6) is 0.220. The van der Waals surface area contributed by atoms with E-state index in [0.29, 0.717) is 63.3 Å². The van der Waals surface area contributed by atoms with Gasteiger partial charge >= 0.3 is 5.91 Å². The number of rotatable bonds is 14. The molecule has 1 unspecified atom stereocenters. The molecule has 0 spiro atoms. The van der Waals surface area contributed by atoms with Crippen LogP contribution in [0.3, 0.4) is 0 Å². The lowest BCUT2D eigenvalue weighted by molar-refractivity contribution is -0.132. The zero-order valence-electron chi connectivity index (χ0n) is 25.7. The summed E-state index contributed by atoms with van der Waals surface area (Å²) in [5.41, 5.74) is 1.77. The molecule has 5 rings (SSSR count). The largest absolute Gasteiger partial charge is 0.507 e. The van der Waals surface area contributed by atoms with Crippen molar-refractivity contribution in [3.05, 3.63) is 94.0 Å². The van der Waals surface area contributed by atoms with E-state index < -0.39 is 17.7 Å². The van der Waals surface area contributed by atoms with Gasteiger partial charge in [-0.25, -0.2) is 0 Å². The van der Waals surface area contributed by atoms with Crippen LogP contribution in [0.15, 0.2) is 76.6 Å². The maximum atomic E-state index is 13.7. The molecule has 1 aliphatic rings. The predicted octanol–water partition coefficient (Wildman–Crippen LogP) is 8.09. The Morgan fingerprint density at radius 1 is 0.935 bits per heavy atom. The number of nitrogens with zero attached hydrogens (tertiary/aromatic N) is 3. The van der Waals surface area contributed by atoms with Gasteiger partial charge in [-0.3, -0.25) is 14.5 Å². The Balaban J connectivity index is 1.56. The summed E-state index contributed by atoms with van der Waals surface area (Å²) in [6.07, 6.45) is 1.66. The number of anilines is 1. The van der Waals surface area contributed by atoms with E-state index in [4.69, 9.17) is 25.8 Å². The maximum absolute atomic E-state index is 13.7. The van der Waals surface area contributed by atoms with Crippen molar-refractivity contribution in [2.45, 2.75) is 49.7 Å². The summed E-state index contributed by atoms with van der Waals surface area (Å²) >= 11 is 8.94. The number of benzene rings is 3. The zero-order chi connectivity index (χ0) is 32.6. The molecular formula is C34H34ClN3O6S2. The fourth-order valence-electron chi connectivity index (χ4n) is 4.84. The Hall–Kier alpha value is -4.06. The van der Waals surface area contributed by atoms with E-state index in [1.807, 2.05) is 45.0 Å². The van der Waals surface area contributed by atoms with E-state index in [1.165, 1.54) is 28.0 Å². The normalized spacial score (nSPS) is 15.7. The molecule has 1 aliphatic heterocycles. The van der Waals surface area contributed by atoms with Crippen LogP contribution < -0.4 is 19.1 Å². The molecule has 9 nitrogen and oxygen atoms in total. The molecule has 1 saturated heterocycles. The average Bonchev–Trinajstić information content (AvgIpc) is 3.64. The van der Waals surface area contributed by atoms with Crippen molar-refractivity contribution in [3.8, 4) is 17.2 Å². The van der Waals surface area contributed by atoms with E-state index in [9.17, 15) is 14.7 Å². The maximum Gasteiger partial charge on any atom is 0.301 e. The lowest BCUT2D eigenvalue weighted by Gasteiger charge is -2.23. The number of ether oxygens (including phenoxy) is 3. The Kier molecular flexibility index (Phi) is 11.2. The van der Waals surface area contributed by atoms with Gasteiger partial charge in [-0.15, -0.1) is 10.2 Å². The molecule has 1 fully saturated rings. The molecule has 1 atom stereocenters. The molecule has 2 heterocycles. The van der Waals surface area contributed by atoms with Crippen molar-refractivity contribution >= 4 is 57.3 Å². The lowest BCUT2D eigenvalue weighted by Crippen LogP contribution is -2.29. The van der Waals surface area contributed by atoms with Crippen molar-refractivity contribution in [3.63, 3.8) is 0 Å². The number of amides is 1. The summed E-state index contributed by atoms with van der Waals surface area (Å²) in [4.78, 5) is 28.7. The molecule has 4 aromatic rings. The molecule has 1 amide bonds. The minimum Gasteiger partial charge on any atom is -0.507 e. The molecule has 240 valence electrons. The highest BCUT2D eigenvalue weighted by Gasteiger charge is 2.48. The number of hydrogen-bond donors (Lipinski definition) is 1. The van der Waals surface area contributed by atoms with Crippen LogP contribution in [0.2, 0.25) is 5.02 Å². The van der Waals surface area contributed by atoms with Gasteiger partial charge < -0.3 is 19.3 Å². The molecule has 1 aromatic heterocycles. The molecule has 1 N–H and O–H groups in total. The van der Waals surface area contributed by atoms with Crippen molar-refractivity contribution in [2.24, 2.45) is 0 Å². The number of ketones is 1. The first-order valence-corrected chi connectivity index (χ1v) is 17.2. The van der Waals surface area contributed by atoms with E-state index in [0.717, 1.165) is 18.4 Å². The van der Waals surface area contributed by atoms with Crippen LogP contribution in [0.25, 0.3) is 5.76 Å². The number of aromatic nitrogens is 2. The fraction of sp³-hybridized carbons (Fsp3) is 0.294. The lowest BCUT2D eigenvalue weighted by atomic mass is 9.95. The van der Waals surface area contributed by atoms with E-state index in [-0.39, 0.29) is 16.5 Å². The van der Waals surface area contributed by atoms with Gasteiger partial charge in [0.25, 0.3) is 5.78 Å². The second kappa shape index (κ2) is 15.5. The monoisotopic (exact) mass is 679 g/mol. The van der Waals surface area contributed by atoms with Crippen LogP contribution in [0.1, 0.15) is 56.3 Å². The fourth-order valence-corrected chi connectivity index (χ4v) is 6.99. The standard InChI is InChI=1S/C34H34ClN3O6S2/c1-4-17-43-24-14-11-21(12-15-24)30(39)28-29(22-13-16-26(44-18-5-2)27(19-22)42-6-3)38(32(41)31(28)40)33-36-37-34(46-33)45-20-23-9-7-8-10-25(23)35/h7-16,19,29,39H,4-6,17-18,20H2,1-3H3. The molecule has 0 saturated carbocycles. The summed E-state index contributed by atoms with van der Waals surface area (Å²) in [6, 6.07) is 18.5. The van der Waals surface area contributed by atoms with Crippen molar-refractivity contribution in [1.82, 2.24) is 10.2 Å². The van der Waals surface area contributed by atoms with Crippen LogP contribution in [0, 0.1) is 0 Å². The van der Waals surface area contributed by atoms with Gasteiger partial charge in [-0.1, -0.05) is 72.8 Å². The van der Waals surface area contributed by atoms with Crippen LogP contribution in [-0.2, 0) is 15.3 Å². The zero-order valence-corrected chi connectivity index (χ0v) is 28.1. The van der Waals surface area contributed by atoms with Crippen molar-refractivity contribution < 1.29 is 28.9 Å². The van der Waals surface area contributed by atoms with Crippen LogP contribution >= 0.6 is 34.7 Å². The number of carbonyl (C=O) groups excluding carboxylic acids is 2. The summed E-state index contributed by atoms with van der Waals surface area (Å²) in [5, 5.41) is 21.1. The highest BCUT2D eigenvalue weighted by atomic mass is 35.5. The quantitative estimate of drug-likeness (QED) is 0.0465. The third-order valence-corrected chi connectivity index (χ3v) is 9.47. The van der Waals surface area contributed by atoms with Gasteiger partial charge in [0.15, 0.2) is 15.8 Å². The number of thioether (sulfide) groups is 1. The first kappa shape index (κ1) is 33.3. The number of Topliss-reactive ketones (excluding diaryl/α,β-unsaturated/α-hetero) is 1.